The van der Waals surface area contributed by atoms with E-state index in [1.165, 1.54) is 0 Å². The molecule has 50 valence electrons. The van der Waals surface area contributed by atoms with Crippen molar-refractivity contribution < 1.29 is 9.52 Å². The maximum Gasteiger partial charge on any atom is 0.156 e. The lowest BCUT2D eigenvalue weighted by atomic mass is 10.3. The average molecular weight is 126 g/mol. The van der Waals surface area contributed by atoms with E-state index < -0.39 is 0 Å². The summed E-state index contributed by atoms with van der Waals surface area (Å²) in [5, 5.41) is 8.98. The van der Waals surface area contributed by atoms with Gasteiger partial charge in [-0.1, -0.05) is 6.92 Å². The van der Waals surface area contributed by atoms with Gasteiger partial charge in [0.25, 0.3) is 0 Å². The van der Waals surface area contributed by atoms with Crippen LogP contribution in [0.4, 0.5) is 0 Å². The van der Waals surface area contributed by atoms with Gasteiger partial charge in [-0.15, -0.1) is 0 Å². The minimum absolute atomic E-state index is 0.256. The number of aryl methyl sites for hydroxylation is 2. The van der Waals surface area contributed by atoms with Crippen molar-refractivity contribution in [3.63, 3.8) is 0 Å². The summed E-state index contributed by atoms with van der Waals surface area (Å²) < 4.78 is 5.11. The number of furan rings is 1. The molecule has 0 spiro atoms. The molecule has 1 aromatic rings. The van der Waals surface area contributed by atoms with Crippen LogP contribution in [0, 0.1) is 6.92 Å². The average Bonchev–Trinajstić information content (AvgIpc) is 2.13. The molecule has 0 aliphatic rings. The highest BCUT2D eigenvalue weighted by atomic mass is 16.4. The van der Waals surface area contributed by atoms with Gasteiger partial charge in [-0.3, -0.25) is 0 Å². The zero-order valence-electron chi connectivity index (χ0n) is 5.64. The predicted molar refractivity (Wildman–Crippen MR) is 34.5 cm³/mol. The lowest BCUT2D eigenvalue weighted by Crippen LogP contribution is -1.67. The minimum Gasteiger partial charge on any atom is -0.504 e. The van der Waals surface area contributed by atoms with Crippen LogP contribution >= 0.6 is 0 Å². The Hall–Kier alpha value is -0.920. The zero-order valence-corrected chi connectivity index (χ0v) is 5.64. The smallest absolute Gasteiger partial charge is 0.156 e. The maximum absolute atomic E-state index is 8.98. The first-order valence-electron chi connectivity index (χ1n) is 3.02. The van der Waals surface area contributed by atoms with Crippen molar-refractivity contribution in [1.82, 2.24) is 0 Å². The minimum atomic E-state index is 0.256. The molecular formula is C7H10O2. The number of hydrogen-bond acceptors (Lipinski definition) is 2. The third kappa shape index (κ3) is 1.07. The molecule has 0 unspecified atom stereocenters. The Kier molecular flexibility index (Phi) is 1.47. The van der Waals surface area contributed by atoms with E-state index in [-0.39, 0.29) is 5.75 Å². The van der Waals surface area contributed by atoms with Crippen LogP contribution < -0.4 is 0 Å². The highest BCUT2D eigenvalue weighted by Gasteiger charge is 2.01. The Bertz CT molecular complexity index is 181. The monoisotopic (exact) mass is 126 g/mol. The summed E-state index contributed by atoms with van der Waals surface area (Å²) in [6.07, 6.45) is 0.835. The van der Waals surface area contributed by atoms with Gasteiger partial charge >= 0.3 is 0 Å². The lowest BCUT2D eigenvalue weighted by molar-refractivity contribution is 0.434. The first kappa shape index (κ1) is 6.20. The van der Waals surface area contributed by atoms with Crippen LogP contribution in [0.2, 0.25) is 0 Å². The van der Waals surface area contributed by atoms with Gasteiger partial charge in [0.2, 0.25) is 0 Å². The molecule has 1 rings (SSSR count). The Balaban J connectivity index is 2.98. The van der Waals surface area contributed by atoms with Crippen LogP contribution in [-0.2, 0) is 6.42 Å². The third-order valence-corrected chi connectivity index (χ3v) is 1.29. The largest absolute Gasteiger partial charge is 0.504 e. The standard InChI is InChI=1S/C7H10O2/c1-3-6-4-7(8)5(2)9-6/h4,8H,3H2,1-2H3. The molecular weight excluding hydrogens is 116 g/mol. The zero-order chi connectivity index (χ0) is 6.85. The molecule has 0 amide bonds. The molecule has 0 atom stereocenters. The summed E-state index contributed by atoms with van der Waals surface area (Å²) in [6.45, 7) is 3.73. The van der Waals surface area contributed by atoms with Gasteiger partial charge in [-0.25, -0.2) is 0 Å². The van der Waals surface area contributed by atoms with Gasteiger partial charge in [0.15, 0.2) is 5.75 Å². The SMILES string of the molecule is CCc1cc(O)c(C)o1. The molecule has 1 aromatic heterocycles. The second kappa shape index (κ2) is 2.13. The van der Waals surface area contributed by atoms with Crippen LogP contribution in [0.5, 0.6) is 5.75 Å². The van der Waals surface area contributed by atoms with E-state index in [0.29, 0.717) is 5.76 Å². The lowest BCUT2D eigenvalue weighted by Gasteiger charge is -1.82. The molecule has 9 heavy (non-hydrogen) atoms. The van der Waals surface area contributed by atoms with E-state index in [0.717, 1.165) is 12.2 Å². The van der Waals surface area contributed by atoms with Crippen LogP contribution in [0.25, 0.3) is 0 Å². The van der Waals surface area contributed by atoms with Gasteiger partial charge in [0, 0.05) is 12.5 Å². The van der Waals surface area contributed by atoms with Gasteiger partial charge < -0.3 is 9.52 Å². The first-order valence-corrected chi connectivity index (χ1v) is 3.02. The number of rotatable bonds is 1. The molecule has 0 saturated carbocycles. The predicted octanol–water partition coefficient (Wildman–Crippen LogP) is 1.86. The van der Waals surface area contributed by atoms with Crippen LogP contribution in [0.1, 0.15) is 18.4 Å². The van der Waals surface area contributed by atoms with E-state index >= 15 is 0 Å². The van der Waals surface area contributed by atoms with Crippen molar-refractivity contribution >= 4 is 0 Å². The van der Waals surface area contributed by atoms with Crippen molar-refractivity contribution in [2.24, 2.45) is 0 Å². The second-order valence-corrected chi connectivity index (χ2v) is 2.01. The summed E-state index contributed by atoms with van der Waals surface area (Å²) in [7, 11) is 0. The van der Waals surface area contributed by atoms with Crippen molar-refractivity contribution in [2.45, 2.75) is 20.3 Å². The molecule has 0 aliphatic heterocycles. The summed E-state index contributed by atoms with van der Waals surface area (Å²) in [4.78, 5) is 0. The van der Waals surface area contributed by atoms with Gasteiger partial charge in [0.05, 0.1) is 0 Å². The van der Waals surface area contributed by atoms with Crippen molar-refractivity contribution in [1.29, 1.82) is 0 Å². The second-order valence-electron chi connectivity index (χ2n) is 2.01. The summed E-state index contributed by atoms with van der Waals surface area (Å²) >= 11 is 0. The van der Waals surface area contributed by atoms with Crippen molar-refractivity contribution in [3.8, 4) is 5.75 Å². The summed E-state index contributed by atoms with van der Waals surface area (Å²) in [5.74, 6) is 1.70. The molecule has 1 N–H and O–H groups in total. The van der Waals surface area contributed by atoms with Crippen LogP contribution in [-0.4, -0.2) is 5.11 Å². The maximum atomic E-state index is 8.98. The van der Waals surface area contributed by atoms with E-state index in [9.17, 15) is 0 Å². The molecule has 0 saturated heterocycles. The quantitative estimate of drug-likeness (QED) is 0.623. The third-order valence-electron chi connectivity index (χ3n) is 1.29. The molecule has 2 nitrogen and oxygen atoms in total. The van der Waals surface area contributed by atoms with E-state index in [1.807, 2.05) is 6.92 Å². The van der Waals surface area contributed by atoms with Gasteiger partial charge in [0.1, 0.15) is 11.5 Å². The fraction of sp³-hybridized carbons (Fsp3) is 0.429. The number of aromatic hydroxyl groups is 1. The Morgan fingerprint density at radius 1 is 1.67 bits per heavy atom. The summed E-state index contributed by atoms with van der Waals surface area (Å²) in [6, 6.07) is 1.65. The van der Waals surface area contributed by atoms with E-state index in [2.05, 4.69) is 0 Å². The Labute approximate surface area is 54.1 Å². The van der Waals surface area contributed by atoms with Crippen LogP contribution in [0.15, 0.2) is 10.5 Å². The topological polar surface area (TPSA) is 33.4 Å². The molecule has 0 radical (unpaired) electrons. The van der Waals surface area contributed by atoms with Crippen molar-refractivity contribution in [2.75, 3.05) is 0 Å². The normalized spacial score (nSPS) is 10.0. The Morgan fingerprint density at radius 2 is 2.33 bits per heavy atom. The van der Waals surface area contributed by atoms with E-state index in [4.69, 9.17) is 9.52 Å². The molecule has 0 fully saturated rings. The molecule has 2 heteroatoms. The fourth-order valence-electron chi connectivity index (χ4n) is 0.707. The fourth-order valence-corrected chi connectivity index (χ4v) is 0.707. The molecule has 0 bridgehead atoms. The first-order chi connectivity index (χ1) is 4.24. The van der Waals surface area contributed by atoms with E-state index in [1.54, 1.807) is 13.0 Å². The molecule has 1 heterocycles. The molecule has 0 aromatic carbocycles. The van der Waals surface area contributed by atoms with Gasteiger partial charge in [-0.2, -0.15) is 0 Å². The Morgan fingerprint density at radius 3 is 2.56 bits per heavy atom. The number of hydrogen-bond donors (Lipinski definition) is 1. The van der Waals surface area contributed by atoms with Crippen LogP contribution in [0.3, 0.4) is 0 Å². The molecule has 0 aliphatic carbocycles. The highest BCUT2D eigenvalue weighted by molar-refractivity contribution is 5.25. The van der Waals surface area contributed by atoms with Gasteiger partial charge in [-0.05, 0) is 6.92 Å². The highest BCUT2D eigenvalue weighted by Crippen LogP contribution is 2.20. The summed E-state index contributed by atoms with van der Waals surface area (Å²) in [5.41, 5.74) is 0. The van der Waals surface area contributed by atoms with Crippen molar-refractivity contribution in [3.05, 3.63) is 17.6 Å².